The number of guanidine groups is 1. The zero-order valence-corrected chi connectivity index (χ0v) is 12.3. The first-order valence-corrected chi connectivity index (χ1v) is 6.42. The molecule has 0 aliphatic rings. The van der Waals surface area contributed by atoms with Gasteiger partial charge < -0.3 is 11.5 Å². The van der Waals surface area contributed by atoms with Gasteiger partial charge in [-0.15, -0.1) is 0 Å². The molecule has 102 valence electrons. The minimum Gasteiger partial charge on any atom is -0.342 e. The molecule has 0 amide bonds. The van der Waals surface area contributed by atoms with Crippen LogP contribution in [0.4, 0.5) is 5.69 Å². The fourth-order valence-electron chi connectivity index (χ4n) is 1.63. The van der Waals surface area contributed by atoms with Gasteiger partial charge in [0.25, 0.3) is 0 Å². The highest BCUT2D eigenvalue weighted by Gasteiger charge is 2.40. The van der Waals surface area contributed by atoms with E-state index < -0.39 is 4.59 Å². The van der Waals surface area contributed by atoms with Crippen LogP contribution in [0.2, 0.25) is 0 Å². The van der Waals surface area contributed by atoms with E-state index in [1.807, 2.05) is 45.0 Å². The summed E-state index contributed by atoms with van der Waals surface area (Å²) in [6.45, 7) is 5.82. The summed E-state index contributed by atoms with van der Waals surface area (Å²) in [5, 5.41) is 12.4. The van der Waals surface area contributed by atoms with Crippen LogP contribution in [0.3, 0.4) is 0 Å². The average molecular weight is 278 g/mol. The lowest BCUT2D eigenvalue weighted by Crippen LogP contribution is -2.60. The van der Waals surface area contributed by atoms with Crippen molar-refractivity contribution < 1.29 is 0 Å². The van der Waals surface area contributed by atoms with Crippen LogP contribution >= 0.6 is 12.2 Å². The van der Waals surface area contributed by atoms with Gasteiger partial charge in [0.2, 0.25) is 0 Å². The molecule has 1 aromatic rings. The van der Waals surface area contributed by atoms with Crippen LogP contribution in [0.1, 0.15) is 25.8 Å². The Hall–Kier alpha value is -1.79. The number of quaternary nitrogens is 1. The normalized spacial score (nSPS) is 14.8. The van der Waals surface area contributed by atoms with Gasteiger partial charge in [0.15, 0.2) is 5.69 Å². The first-order valence-electron chi connectivity index (χ1n) is 6.01. The maximum Gasteiger partial charge on any atom is 0.332 e. The lowest BCUT2D eigenvalue weighted by Gasteiger charge is -2.27. The van der Waals surface area contributed by atoms with Crippen molar-refractivity contribution in [2.45, 2.75) is 27.2 Å². The van der Waals surface area contributed by atoms with Gasteiger partial charge in [0, 0.05) is 24.4 Å². The second-order valence-corrected chi connectivity index (χ2v) is 4.80. The molecule has 1 aromatic carbocycles. The highest BCUT2D eigenvalue weighted by molar-refractivity contribution is 7.80. The Labute approximate surface area is 119 Å². The predicted molar refractivity (Wildman–Crippen MR) is 85.1 cm³/mol. The third kappa shape index (κ3) is 2.97. The van der Waals surface area contributed by atoms with Crippen molar-refractivity contribution in [1.29, 1.82) is 5.41 Å². The van der Waals surface area contributed by atoms with Crippen LogP contribution in [-0.4, -0.2) is 16.8 Å². The number of nitrogens with zero attached hydrogens (tertiary/aromatic N) is 2. The Bertz CT molecular complexity index is 504. The lowest BCUT2D eigenvalue weighted by molar-refractivity contribution is 0.617. The predicted octanol–water partition coefficient (Wildman–Crippen LogP) is 2.23. The molecule has 5 N–H and O–H groups in total. The molecule has 6 heteroatoms. The summed E-state index contributed by atoms with van der Waals surface area (Å²) in [6.07, 6.45) is 0.738. The molecule has 0 spiro atoms. The number of nitrogens with one attached hydrogen (secondary N) is 1. The van der Waals surface area contributed by atoms with E-state index in [1.54, 1.807) is 0 Å². The van der Waals surface area contributed by atoms with Crippen molar-refractivity contribution in [3.63, 3.8) is 0 Å². The fraction of sp³-hybridized carbons (Fsp3) is 0.308. The Morgan fingerprint density at radius 3 is 2.21 bits per heavy atom. The second kappa shape index (κ2) is 5.90. The highest BCUT2D eigenvalue weighted by Crippen LogP contribution is 2.25. The zero-order valence-electron chi connectivity index (χ0n) is 11.5. The fourth-order valence-corrected chi connectivity index (χ4v) is 1.88. The number of rotatable bonds is 3. The Morgan fingerprint density at radius 1 is 1.32 bits per heavy atom. The van der Waals surface area contributed by atoms with Gasteiger partial charge in [-0.25, -0.2) is 5.41 Å². The van der Waals surface area contributed by atoms with E-state index in [9.17, 15) is 0 Å². The first-order chi connectivity index (χ1) is 8.84. The highest BCUT2D eigenvalue weighted by atomic mass is 32.1. The monoisotopic (exact) mass is 278 g/mol. The van der Waals surface area contributed by atoms with E-state index in [1.165, 1.54) is 0 Å². The smallest absolute Gasteiger partial charge is 0.332 e. The van der Waals surface area contributed by atoms with Crippen LogP contribution in [0.25, 0.3) is 0 Å². The Kier molecular flexibility index (Phi) is 4.74. The van der Waals surface area contributed by atoms with Crippen LogP contribution in [-0.2, 0) is 0 Å². The molecule has 0 aliphatic carbocycles. The van der Waals surface area contributed by atoms with E-state index in [-0.39, 0.29) is 11.1 Å². The van der Waals surface area contributed by atoms with Crippen molar-refractivity contribution in [3.8, 4) is 0 Å². The first kappa shape index (κ1) is 15.3. The largest absolute Gasteiger partial charge is 0.342 e. The summed E-state index contributed by atoms with van der Waals surface area (Å²) >= 11 is 5.11. The molecule has 0 saturated carbocycles. The molecule has 19 heavy (non-hydrogen) atoms. The molecule has 0 saturated heterocycles. The van der Waals surface area contributed by atoms with Crippen LogP contribution in [0, 0.1) is 12.3 Å². The minimum absolute atomic E-state index is 0.0316. The van der Waals surface area contributed by atoms with E-state index >= 15 is 0 Å². The standard InChI is InChI=1S/C13H19N5S/c1-4-10(3)17-18(12(14)15,13(16)19)11-7-5-9(2)6-8-11/h5-8H,4H2,1-3H3,(H4-,14,15,16,19)/p+1/b17-10+. The molecule has 0 aromatic heterocycles. The van der Waals surface area contributed by atoms with E-state index in [0.29, 0.717) is 5.69 Å². The van der Waals surface area contributed by atoms with Gasteiger partial charge >= 0.3 is 11.1 Å². The average Bonchev–Trinajstić information content (AvgIpc) is 2.36. The summed E-state index contributed by atoms with van der Waals surface area (Å²) in [4.78, 5) is 0. The van der Waals surface area contributed by atoms with Gasteiger partial charge in [0.1, 0.15) is 0 Å². The quantitative estimate of drug-likeness (QED) is 0.260. The van der Waals surface area contributed by atoms with Gasteiger partial charge in [-0.3, -0.25) is 0 Å². The number of benzene rings is 1. The summed E-state index contributed by atoms with van der Waals surface area (Å²) in [6, 6.07) is 7.51. The van der Waals surface area contributed by atoms with E-state index in [0.717, 1.165) is 17.7 Å². The summed E-state index contributed by atoms with van der Waals surface area (Å²) < 4.78 is -0.449. The van der Waals surface area contributed by atoms with Crippen LogP contribution in [0.15, 0.2) is 29.4 Å². The van der Waals surface area contributed by atoms with E-state index in [4.69, 9.17) is 29.1 Å². The zero-order chi connectivity index (χ0) is 14.6. The van der Waals surface area contributed by atoms with Crippen molar-refractivity contribution in [3.05, 3.63) is 29.8 Å². The SMILES string of the molecule is CC/C(C)=N/[N+](C(=N)N)(C(N)=S)c1ccc(C)cc1. The van der Waals surface area contributed by atoms with E-state index in [2.05, 4.69) is 5.10 Å². The van der Waals surface area contributed by atoms with Gasteiger partial charge in [-0.1, -0.05) is 29.7 Å². The molecule has 0 radical (unpaired) electrons. The van der Waals surface area contributed by atoms with Crippen molar-refractivity contribution >= 4 is 34.7 Å². The number of hydrogen-bond acceptors (Lipinski definition) is 3. The molecule has 1 rings (SSSR count). The topological polar surface area (TPSA) is 88.2 Å². The summed E-state index contributed by atoms with van der Waals surface area (Å²) in [5.74, 6) is -0.218. The number of aryl methyl sites for hydroxylation is 1. The molecule has 0 bridgehead atoms. The third-order valence-electron chi connectivity index (χ3n) is 2.91. The maximum atomic E-state index is 7.87. The number of thiocarbonyl (C=S) groups is 1. The molecule has 0 heterocycles. The summed E-state index contributed by atoms with van der Waals surface area (Å²) in [7, 11) is 0. The molecular weight excluding hydrogens is 258 g/mol. The summed E-state index contributed by atoms with van der Waals surface area (Å²) in [5.41, 5.74) is 14.1. The van der Waals surface area contributed by atoms with Crippen molar-refractivity contribution in [2.75, 3.05) is 0 Å². The second-order valence-electron chi connectivity index (χ2n) is 4.38. The molecular formula is C13H20N5S+. The molecule has 0 fully saturated rings. The molecule has 1 atom stereocenters. The third-order valence-corrected chi connectivity index (χ3v) is 3.17. The van der Waals surface area contributed by atoms with Crippen molar-refractivity contribution in [2.24, 2.45) is 16.6 Å². The van der Waals surface area contributed by atoms with Gasteiger partial charge in [-0.05, 0) is 24.9 Å². The van der Waals surface area contributed by atoms with Crippen LogP contribution in [0.5, 0.6) is 0 Å². The number of nitrogens with two attached hydrogens (primary N) is 2. The molecule has 0 aliphatic heterocycles. The van der Waals surface area contributed by atoms with Crippen molar-refractivity contribution in [1.82, 2.24) is 4.59 Å². The minimum atomic E-state index is -0.449. The number of hydrogen-bond donors (Lipinski definition) is 3. The van der Waals surface area contributed by atoms with Crippen LogP contribution < -0.4 is 16.1 Å². The lowest BCUT2D eigenvalue weighted by atomic mass is 10.2. The Balaban J connectivity index is 3.53. The molecule has 5 nitrogen and oxygen atoms in total. The molecule has 1 unspecified atom stereocenters. The Morgan fingerprint density at radius 2 is 1.84 bits per heavy atom. The van der Waals surface area contributed by atoms with Gasteiger partial charge in [-0.2, -0.15) is 0 Å². The maximum absolute atomic E-state index is 7.87. The van der Waals surface area contributed by atoms with Gasteiger partial charge in [0.05, 0.1) is 5.71 Å².